The molecule has 1 saturated heterocycles. The van der Waals surface area contributed by atoms with Gasteiger partial charge in [-0.05, 0) is 31.1 Å². The van der Waals surface area contributed by atoms with Crippen molar-refractivity contribution in [2.24, 2.45) is 0 Å². The van der Waals surface area contributed by atoms with Crippen molar-refractivity contribution in [3.05, 3.63) is 84.1 Å². The molecule has 2 heterocycles. The van der Waals surface area contributed by atoms with Gasteiger partial charge in [-0.15, -0.1) is 0 Å². The summed E-state index contributed by atoms with van der Waals surface area (Å²) < 4.78 is 10.4. The van der Waals surface area contributed by atoms with Crippen LogP contribution in [0.2, 0.25) is 0 Å². The fourth-order valence-electron chi connectivity index (χ4n) is 3.88. The molecule has 4 rings (SSSR count). The van der Waals surface area contributed by atoms with Gasteiger partial charge in [0.2, 0.25) is 0 Å². The van der Waals surface area contributed by atoms with Crippen molar-refractivity contribution in [3.8, 4) is 0 Å². The van der Waals surface area contributed by atoms with Gasteiger partial charge in [-0.2, -0.15) is 0 Å². The minimum absolute atomic E-state index is 0.0367. The van der Waals surface area contributed by atoms with Crippen molar-refractivity contribution in [3.63, 3.8) is 0 Å². The molecule has 0 bridgehead atoms. The topological polar surface area (TPSA) is 93.2 Å². The van der Waals surface area contributed by atoms with Crippen LogP contribution >= 0.6 is 0 Å². The highest BCUT2D eigenvalue weighted by Gasteiger charge is 2.28. The van der Waals surface area contributed by atoms with Crippen molar-refractivity contribution in [2.45, 2.75) is 58.4 Å². The highest BCUT2D eigenvalue weighted by molar-refractivity contribution is 5.92. The maximum atomic E-state index is 11.9. The lowest BCUT2D eigenvalue weighted by Crippen LogP contribution is -2.45. The van der Waals surface area contributed by atoms with Gasteiger partial charge in [-0.1, -0.05) is 60.7 Å². The van der Waals surface area contributed by atoms with Gasteiger partial charge in [0, 0.05) is 44.1 Å². The summed E-state index contributed by atoms with van der Waals surface area (Å²) in [6.45, 7) is 4.68. The molecule has 0 spiro atoms. The van der Waals surface area contributed by atoms with E-state index in [-0.39, 0.29) is 43.0 Å². The number of Topliss-reactive ketones (excluding diaryl/α,β-unsaturated/α-hetero) is 1. The Morgan fingerprint density at radius 2 is 1.36 bits per heavy atom. The Morgan fingerprint density at radius 1 is 0.806 bits per heavy atom. The third kappa shape index (κ3) is 8.08. The average Bonchev–Trinajstić information content (AvgIpc) is 2.87. The molecule has 0 radical (unpaired) electrons. The number of allylic oxidation sites excluding steroid dienone is 1. The van der Waals surface area contributed by atoms with E-state index in [1.54, 1.807) is 4.90 Å². The maximum Gasteiger partial charge on any atom is 0.414 e. The number of piperidine rings is 1. The first-order valence-corrected chi connectivity index (χ1v) is 12.0. The van der Waals surface area contributed by atoms with Crippen LogP contribution in [0.3, 0.4) is 0 Å². The second kappa shape index (κ2) is 13.2. The zero-order valence-electron chi connectivity index (χ0n) is 20.7. The molecule has 8 nitrogen and oxygen atoms in total. The summed E-state index contributed by atoms with van der Waals surface area (Å²) in [7, 11) is 0. The number of amides is 2. The fourth-order valence-corrected chi connectivity index (χ4v) is 3.88. The van der Waals surface area contributed by atoms with E-state index in [1.807, 2.05) is 74.5 Å². The molecule has 2 unspecified atom stereocenters. The zero-order valence-corrected chi connectivity index (χ0v) is 20.7. The lowest BCUT2D eigenvalue weighted by molar-refractivity contribution is -0.122. The summed E-state index contributed by atoms with van der Waals surface area (Å²) in [6.07, 6.45) is 3.35. The zero-order chi connectivity index (χ0) is 25.9. The van der Waals surface area contributed by atoms with E-state index < -0.39 is 6.09 Å². The van der Waals surface area contributed by atoms with Crippen LogP contribution in [0, 0.1) is 0 Å². The SMILES string of the molecule is CC1CC(=O)C=CN1C(=O)OCc1ccccc1.CC1CC(=O)CCN1C(=O)OCc1ccccc1. The molecule has 2 aromatic carbocycles. The predicted octanol–water partition coefficient (Wildman–Crippen LogP) is 4.88. The second-order valence-corrected chi connectivity index (χ2v) is 8.86. The van der Waals surface area contributed by atoms with Crippen LogP contribution in [0.25, 0.3) is 0 Å². The summed E-state index contributed by atoms with van der Waals surface area (Å²) in [5, 5.41) is 0. The largest absolute Gasteiger partial charge is 0.445 e. The molecule has 36 heavy (non-hydrogen) atoms. The van der Waals surface area contributed by atoms with Crippen LogP contribution in [0.1, 0.15) is 44.2 Å². The van der Waals surface area contributed by atoms with Gasteiger partial charge in [0.1, 0.15) is 19.0 Å². The van der Waals surface area contributed by atoms with Crippen molar-refractivity contribution in [1.82, 2.24) is 9.80 Å². The summed E-state index contributed by atoms with van der Waals surface area (Å²) in [5.41, 5.74) is 1.90. The lowest BCUT2D eigenvalue weighted by atomic mass is 10.0. The van der Waals surface area contributed by atoms with E-state index in [9.17, 15) is 19.2 Å². The first kappa shape index (κ1) is 26.7. The highest BCUT2D eigenvalue weighted by Crippen LogP contribution is 2.16. The Hall–Kier alpha value is -3.94. The fraction of sp³-hybridized carbons (Fsp3) is 0.357. The van der Waals surface area contributed by atoms with E-state index in [0.717, 1.165) is 11.1 Å². The number of rotatable bonds is 4. The number of benzene rings is 2. The van der Waals surface area contributed by atoms with Gasteiger partial charge >= 0.3 is 12.2 Å². The van der Waals surface area contributed by atoms with Crippen LogP contribution in [0.15, 0.2) is 72.9 Å². The highest BCUT2D eigenvalue weighted by atomic mass is 16.6. The third-order valence-corrected chi connectivity index (χ3v) is 5.93. The molecule has 2 atom stereocenters. The predicted molar refractivity (Wildman–Crippen MR) is 134 cm³/mol. The monoisotopic (exact) mass is 492 g/mol. The normalized spacial score (nSPS) is 19.3. The van der Waals surface area contributed by atoms with Crippen LogP contribution < -0.4 is 0 Å². The van der Waals surface area contributed by atoms with E-state index >= 15 is 0 Å². The molecule has 2 amide bonds. The summed E-state index contributed by atoms with van der Waals surface area (Å²) in [5.74, 6) is 0.254. The van der Waals surface area contributed by atoms with Crippen molar-refractivity contribution >= 4 is 23.8 Å². The number of hydrogen-bond acceptors (Lipinski definition) is 6. The smallest absolute Gasteiger partial charge is 0.414 e. The Bertz CT molecular complexity index is 1070. The van der Waals surface area contributed by atoms with Gasteiger partial charge in [0.05, 0.1) is 0 Å². The quantitative estimate of drug-likeness (QED) is 0.604. The molecule has 2 aliphatic heterocycles. The van der Waals surface area contributed by atoms with Gasteiger partial charge in [-0.3, -0.25) is 14.5 Å². The number of hydrogen-bond donors (Lipinski definition) is 0. The number of carbonyl (C=O) groups is 4. The third-order valence-electron chi connectivity index (χ3n) is 5.93. The van der Waals surface area contributed by atoms with Crippen molar-refractivity contribution < 1.29 is 28.7 Å². The molecule has 190 valence electrons. The van der Waals surface area contributed by atoms with Gasteiger partial charge in [0.25, 0.3) is 0 Å². The van der Waals surface area contributed by atoms with Crippen molar-refractivity contribution in [2.75, 3.05) is 6.54 Å². The second-order valence-electron chi connectivity index (χ2n) is 8.86. The molecular formula is C28H32N2O6. The first-order valence-electron chi connectivity index (χ1n) is 12.0. The van der Waals surface area contributed by atoms with Gasteiger partial charge in [-0.25, -0.2) is 9.59 Å². The maximum absolute atomic E-state index is 11.9. The molecule has 0 aliphatic carbocycles. The standard InChI is InChI=1S/C14H17NO3.C14H15NO3/c2*1-11-9-13(16)7-8-15(11)14(17)18-10-12-5-3-2-4-6-12/h2-6,11H,7-10H2,1H3;2-8,11H,9-10H2,1H3. The number of ether oxygens (including phenoxy) is 2. The Labute approximate surface area is 211 Å². The summed E-state index contributed by atoms with van der Waals surface area (Å²) in [6, 6.07) is 18.8. The van der Waals surface area contributed by atoms with Gasteiger partial charge < -0.3 is 14.4 Å². The van der Waals surface area contributed by atoms with E-state index in [1.165, 1.54) is 17.2 Å². The number of nitrogens with zero attached hydrogens (tertiary/aromatic N) is 2. The van der Waals surface area contributed by atoms with Crippen LogP contribution in [0.5, 0.6) is 0 Å². The van der Waals surface area contributed by atoms with E-state index in [4.69, 9.17) is 9.47 Å². The van der Waals surface area contributed by atoms with Crippen LogP contribution in [0.4, 0.5) is 9.59 Å². The molecular weight excluding hydrogens is 460 g/mol. The lowest BCUT2D eigenvalue weighted by Gasteiger charge is -2.31. The number of likely N-dealkylation sites (tertiary alicyclic amines) is 1. The molecule has 0 saturated carbocycles. The Morgan fingerprint density at radius 3 is 1.89 bits per heavy atom. The Kier molecular flexibility index (Phi) is 9.80. The molecule has 1 fully saturated rings. The molecule has 2 aromatic rings. The first-order chi connectivity index (χ1) is 17.3. The van der Waals surface area contributed by atoms with Crippen LogP contribution in [-0.2, 0) is 32.3 Å². The number of ketones is 2. The Balaban J connectivity index is 0.000000201. The molecule has 2 aliphatic rings. The van der Waals surface area contributed by atoms with E-state index in [2.05, 4.69) is 0 Å². The van der Waals surface area contributed by atoms with Crippen LogP contribution in [-0.4, -0.2) is 52.2 Å². The summed E-state index contributed by atoms with van der Waals surface area (Å²) >= 11 is 0. The molecule has 8 heteroatoms. The van der Waals surface area contributed by atoms with Gasteiger partial charge in [0.15, 0.2) is 5.78 Å². The minimum atomic E-state index is -0.421. The number of carbonyl (C=O) groups excluding carboxylic acids is 4. The average molecular weight is 493 g/mol. The van der Waals surface area contributed by atoms with Crippen molar-refractivity contribution in [1.29, 1.82) is 0 Å². The molecule has 0 N–H and O–H groups in total. The summed E-state index contributed by atoms with van der Waals surface area (Å²) in [4.78, 5) is 49.2. The molecule has 0 aromatic heterocycles. The van der Waals surface area contributed by atoms with E-state index in [0.29, 0.717) is 25.8 Å². The minimum Gasteiger partial charge on any atom is -0.445 e.